The van der Waals surface area contributed by atoms with Crippen molar-refractivity contribution in [2.45, 2.75) is 6.42 Å². The van der Waals surface area contributed by atoms with E-state index in [0.717, 1.165) is 18.7 Å². The number of guanidine groups is 1. The van der Waals surface area contributed by atoms with Gasteiger partial charge in [0.2, 0.25) is 5.91 Å². The normalized spacial score (nSPS) is 10.5. The summed E-state index contributed by atoms with van der Waals surface area (Å²) >= 11 is 0. The van der Waals surface area contributed by atoms with Gasteiger partial charge in [-0.3, -0.25) is 9.79 Å². The van der Waals surface area contributed by atoms with Crippen LogP contribution in [0.4, 0.5) is 5.69 Å². The number of anilines is 1. The maximum Gasteiger partial charge on any atom is 0.243 e. The third kappa shape index (κ3) is 7.45. The van der Waals surface area contributed by atoms with Crippen LogP contribution in [-0.2, 0) is 11.2 Å². The first-order chi connectivity index (χ1) is 11.3. The summed E-state index contributed by atoms with van der Waals surface area (Å²) in [6, 6.07) is 19.6. The number of nitrogens with one attached hydrogen (secondary N) is 3. The maximum atomic E-state index is 11.9. The van der Waals surface area contributed by atoms with E-state index in [-0.39, 0.29) is 36.4 Å². The van der Waals surface area contributed by atoms with Crippen molar-refractivity contribution in [3.8, 4) is 0 Å². The average molecular weight is 438 g/mol. The lowest BCUT2D eigenvalue weighted by molar-refractivity contribution is -0.115. The van der Waals surface area contributed by atoms with Crippen LogP contribution in [0.5, 0.6) is 0 Å². The third-order valence-electron chi connectivity index (χ3n) is 3.25. The highest BCUT2D eigenvalue weighted by Crippen LogP contribution is 2.03. The molecule has 0 unspecified atom stereocenters. The predicted molar refractivity (Wildman–Crippen MR) is 110 cm³/mol. The van der Waals surface area contributed by atoms with Gasteiger partial charge in [-0.2, -0.15) is 0 Å². The Bertz CT molecular complexity index is 632. The van der Waals surface area contributed by atoms with Crippen molar-refractivity contribution in [1.82, 2.24) is 10.6 Å². The van der Waals surface area contributed by atoms with Crippen molar-refractivity contribution in [1.29, 1.82) is 0 Å². The lowest BCUT2D eigenvalue weighted by atomic mass is 10.1. The number of amides is 1. The number of halogens is 1. The molecular formula is C18H23IN4O. The van der Waals surface area contributed by atoms with Crippen molar-refractivity contribution >= 4 is 41.5 Å². The standard InChI is InChI=1S/C18H22N4O.HI/c1-19-18(20-13-12-15-8-4-2-5-9-15)21-14-17(23)22-16-10-6-3-7-11-16;/h2-11H,12-14H2,1H3,(H,22,23)(H2,19,20,21);1H. The Morgan fingerprint density at radius 3 is 2.21 bits per heavy atom. The molecule has 6 heteroatoms. The molecule has 0 atom stereocenters. The van der Waals surface area contributed by atoms with E-state index >= 15 is 0 Å². The topological polar surface area (TPSA) is 65.5 Å². The second kappa shape index (κ2) is 11.4. The number of carbonyl (C=O) groups excluding carboxylic acids is 1. The quantitative estimate of drug-likeness (QED) is 0.369. The Balaban J connectivity index is 0.00000288. The molecule has 1 amide bonds. The molecule has 2 aromatic rings. The zero-order valence-corrected chi connectivity index (χ0v) is 16.0. The molecule has 0 aliphatic heterocycles. The zero-order valence-electron chi connectivity index (χ0n) is 13.7. The lowest BCUT2D eigenvalue weighted by Gasteiger charge is -2.12. The molecule has 2 aromatic carbocycles. The van der Waals surface area contributed by atoms with Gasteiger partial charge in [0, 0.05) is 19.3 Å². The number of nitrogens with zero attached hydrogens (tertiary/aromatic N) is 1. The minimum Gasteiger partial charge on any atom is -0.356 e. The Morgan fingerprint density at radius 1 is 0.958 bits per heavy atom. The highest BCUT2D eigenvalue weighted by atomic mass is 127. The fraction of sp³-hybridized carbons (Fsp3) is 0.222. The lowest BCUT2D eigenvalue weighted by Crippen LogP contribution is -2.42. The molecule has 0 saturated heterocycles. The molecule has 0 radical (unpaired) electrons. The summed E-state index contributed by atoms with van der Waals surface area (Å²) < 4.78 is 0. The van der Waals surface area contributed by atoms with E-state index in [1.165, 1.54) is 5.56 Å². The fourth-order valence-electron chi connectivity index (χ4n) is 2.08. The highest BCUT2D eigenvalue weighted by molar-refractivity contribution is 14.0. The number of para-hydroxylation sites is 1. The van der Waals surface area contributed by atoms with Crippen LogP contribution in [0.25, 0.3) is 0 Å². The molecule has 0 aliphatic carbocycles. The van der Waals surface area contributed by atoms with E-state index < -0.39 is 0 Å². The molecule has 2 rings (SSSR count). The minimum absolute atomic E-state index is 0. The van der Waals surface area contributed by atoms with Gasteiger partial charge < -0.3 is 16.0 Å². The minimum atomic E-state index is -0.109. The van der Waals surface area contributed by atoms with Crippen LogP contribution < -0.4 is 16.0 Å². The number of rotatable bonds is 6. The van der Waals surface area contributed by atoms with Gasteiger partial charge in [0.15, 0.2) is 5.96 Å². The molecular weight excluding hydrogens is 415 g/mol. The van der Waals surface area contributed by atoms with E-state index in [9.17, 15) is 4.79 Å². The Kier molecular flexibility index (Phi) is 9.52. The van der Waals surface area contributed by atoms with Crippen LogP contribution in [-0.4, -0.2) is 32.0 Å². The van der Waals surface area contributed by atoms with Crippen LogP contribution in [0.1, 0.15) is 5.56 Å². The SMILES string of the molecule is CN=C(NCCc1ccccc1)NCC(=O)Nc1ccccc1.I. The molecule has 0 aromatic heterocycles. The van der Waals surface area contributed by atoms with Crippen LogP contribution in [0.15, 0.2) is 65.7 Å². The molecule has 0 saturated carbocycles. The molecule has 0 heterocycles. The van der Waals surface area contributed by atoms with Crippen molar-refractivity contribution in [3.63, 3.8) is 0 Å². The average Bonchev–Trinajstić information content (AvgIpc) is 2.59. The van der Waals surface area contributed by atoms with E-state index in [4.69, 9.17) is 0 Å². The van der Waals surface area contributed by atoms with E-state index in [1.54, 1.807) is 7.05 Å². The summed E-state index contributed by atoms with van der Waals surface area (Å²) in [5.41, 5.74) is 2.04. The number of hydrogen-bond acceptors (Lipinski definition) is 2. The van der Waals surface area contributed by atoms with Crippen LogP contribution in [0.2, 0.25) is 0 Å². The number of aliphatic imine (C=N–C) groups is 1. The first-order valence-corrected chi connectivity index (χ1v) is 7.61. The monoisotopic (exact) mass is 438 g/mol. The summed E-state index contributed by atoms with van der Waals surface area (Å²) in [6.45, 7) is 0.921. The predicted octanol–water partition coefficient (Wildman–Crippen LogP) is 2.65. The van der Waals surface area contributed by atoms with E-state index in [1.807, 2.05) is 48.5 Å². The molecule has 3 N–H and O–H groups in total. The molecule has 0 fully saturated rings. The van der Waals surface area contributed by atoms with Gasteiger partial charge in [0.1, 0.15) is 0 Å². The Hall–Kier alpha value is -2.09. The molecule has 0 aliphatic rings. The first kappa shape index (κ1) is 20.0. The maximum absolute atomic E-state index is 11.9. The highest BCUT2D eigenvalue weighted by Gasteiger charge is 2.03. The second-order valence-corrected chi connectivity index (χ2v) is 5.00. The van der Waals surface area contributed by atoms with Crippen LogP contribution in [0, 0.1) is 0 Å². The summed E-state index contributed by atoms with van der Waals surface area (Å²) in [4.78, 5) is 16.0. The summed E-state index contributed by atoms with van der Waals surface area (Å²) in [7, 11) is 1.69. The second-order valence-electron chi connectivity index (χ2n) is 5.00. The van der Waals surface area contributed by atoms with E-state index in [0.29, 0.717) is 5.96 Å². The summed E-state index contributed by atoms with van der Waals surface area (Å²) in [6.07, 6.45) is 0.901. The summed E-state index contributed by atoms with van der Waals surface area (Å²) in [5.74, 6) is 0.506. The van der Waals surface area contributed by atoms with Gasteiger partial charge in [-0.25, -0.2) is 0 Å². The van der Waals surface area contributed by atoms with Gasteiger partial charge in [0.05, 0.1) is 6.54 Å². The fourth-order valence-corrected chi connectivity index (χ4v) is 2.08. The Morgan fingerprint density at radius 2 is 1.58 bits per heavy atom. The molecule has 24 heavy (non-hydrogen) atoms. The third-order valence-corrected chi connectivity index (χ3v) is 3.25. The van der Waals surface area contributed by atoms with Crippen LogP contribution >= 0.6 is 24.0 Å². The number of hydrogen-bond donors (Lipinski definition) is 3. The zero-order chi connectivity index (χ0) is 16.3. The Labute approximate surface area is 160 Å². The van der Waals surface area contributed by atoms with Gasteiger partial charge in [0.25, 0.3) is 0 Å². The molecule has 5 nitrogen and oxygen atoms in total. The van der Waals surface area contributed by atoms with Crippen molar-refractivity contribution in [2.24, 2.45) is 4.99 Å². The smallest absolute Gasteiger partial charge is 0.243 e. The molecule has 128 valence electrons. The first-order valence-electron chi connectivity index (χ1n) is 7.61. The molecule has 0 spiro atoms. The largest absolute Gasteiger partial charge is 0.356 e. The number of carbonyl (C=O) groups is 1. The summed E-state index contributed by atoms with van der Waals surface area (Å²) in [5, 5.41) is 9.02. The van der Waals surface area contributed by atoms with Crippen molar-refractivity contribution in [3.05, 3.63) is 66.2 Å². The number of benzene rings is 2. The van der Waals surface area contributed by atoms with Gasteiger partial charge in [-0.1, -0.05) is 48.5 Å². The van der Waals surface area contributed by atoms with Gasteiger partial charge in [-0.05, 0) is 24.1 Å². The van der Waals surface area contributed by atoms with Crippen molar-refractivity contribution < 1.29 is 4.79 Å². The van der Waals surface area contributed by atoms with E-state index in [2.05, 4.69) is 33.1 Å². The van der Waals surface area contributed by atoms with Gasteiger partial charge in [-0.15, -0.1) is 24.0 Å². The molecule has 0 bridgehead atoms. The van der Waals surface area contributed by atoms with Crippen LogP contribution in [0.3, 0.4) is 0 Å². The van der Waals surface area contributed by atoms with Gasteiger partial charge >= 0.3 is 0 Å². The van der Waals surface area contributed by atoms with Crippen molar-refractivity contribution in [2.75, 3.05) is 25.5 Å².